The molecule has 2 aromatic rings. The summed E-state index contributed by atoms with van der Waals surface area (Å²) in [5.41, 5.74) is 1.63. The Balaban J connectivity index is 1.79. The first-order chi connectivity index (χ1) is 10.3. The molecule has 0 aliphatic carbocycles. The molecule has 1 aliphatic rings. The van der Waals surface area contributed by atoms with Crippen LogP contribution < -0.4 is 14.2 Å². The van der Waals surface area contributed by atoms with Crippen molar-refractivity contribution < 1.29 is 19.0 Å². The molecule has 0 fully saturated rings. The molecule has 0 spiro atoms. The van der Waals surface area contributed by atoms with Crippen LogP contribution in [0.3, 0.4) is 0 Å². The van der Waals surface area contributed by atoms with E-state index in [0.717, 1.165) is 17.6 Å². The smallest absolute Gasteiger partial charge is 0.171 e. The summed E-state index contributed by atoms with van der Waals surface area (Å²) < 4.78 is 16.7. The Labute approximate surface area is 123 Å². The molecular weight excluding hydrogens is 268 g/mol. The Morgan fingerprint density at radius 3 is 2.90 bits per heavy atom. The van der Waals surface area contributed by atoms with Crippen LogP contribution in [0.15, 0.2) is 42.5 Å². The third-order valence-corrected chi connectivity index (χ3v) is 3.58. The third kappa shape index (κ3) is 2.57. The van der Waals surface area contributed by atoms with E-state index in [4.69, 9.17) is 14.2 Å². The fourth-order valence-electron chi connectivity index (χ4n) is 2.49. The summed E-state index contributed by atoms with van der Waals surface area (Å²) in [5, 5.41) is 0. The molecule has 108 valence electrons. The minimum absolute atomic E-state index is 0.158. The normalized spacial score (nSPS) is 16.0. The monoisotopic (exact) mass is 284 g/mol. The van der Waals surface area contributed by atoms with E-state index in [1.165, 1.54) is 0 Å². The summed E-state index contributed by atoms with van der Waals surface area (Å²) in [6.07, 6.45) is 0.775. The molecule has 0 N–H and O–H groups in total. The second-order valence-electron chi connectivity index (χ2n) is 4.85. The van der Waals surface area contributed by atoms with E-state index in [0.29, 0.717) is 30.3 Å². The summed E-state index contributed by atoms with van der Waals surface area (Å²) in [5.74, 6) is 2.11. The first kappa shape index (κ1) is 13.5. The van der Waals surface area contributed by atoms with E-state index in [-0.39, 0.29) is 5.92 Å². The van der Waals surface area contributed by atoms with Crippen LogP contribution in [0.5, 0.6) is 17.2 Å². The second kappa shape index (κ2) is 5.87. The summed E-state index contributed by atoms with van der Waals surface area (Å²) in [7, 11) is 1.56. The Bertz CT molecular complexity index is 651. The van der Waals surface area contributed by atoms with E-state index in [2.05, 4.69) is 0 Å². The molecule has 1 heterocycles. The lowest BCUT2D eigenvalue weighted by atomic mass is 10.0. The number of rotatable bonds is 5. The van der Waals surface area contributed by atoms with Crippen molar-refractivity contribution in [2.24, 2.45) is 0 Å². The zero-order valence-corrected chi connectivity index (χ0v) is 11.7. The summed E-state index contributed by atoms with van der Waals surface area (Å²) in [6, 6.07) is 13.2. The summed E-state index contributed by atoms with van der Waals surface area (Å²) in [4.78, 5) is 11.1. The number of fused-ring (bicyclic) bond motifs is 1. The maximum Gasteiger partial charge on any atom is 0.171 e. The Morgan fingerprint density at radius 2 is 2.10 bits per heavy atom. The van der Waals surface area contributed by atoms with Crippen molar-refractivity contribution >= 4 is 6.29 Å². The average molecular weight is 284 g/mol. The first-order valence-corrected chi connectivity index (χ1v) is 6.80. The highest BCUT2D eigenvalue weighted by atomic mass is 16.5. The maximum absolute atomic E-state index is 11.1. The molecule has 1 unspecified atom stereocenters. The third-order valence-electron chi connectivity index (χ3n) is 3.58. The maximum atomic E-state index is 11.1. The fourth-order valence-corrected chi connectivity index (χ4v) is 2.49. The van der Waals surface area contributed by atoms with Crippen LogP contribution in [0, 0.1) is 0 Å². The predicted octanol–water partition coefficient (Wildman–Crippen LogP) is 3.06. The number of benzene rings is 2. The molecule has 0 saturated carbocycles. The molecule has 2 aromatic carbocycles. The molecular formula is C17H16O4. The molecule has 3 rings (SSSR count). The number of carbonyl (C=O) groups is 1. The first-order valence-electron chi connectivity index (χ1n) is 6.80. The number of methoxy groups -OCH3 is 1. The van der Waals surface area contributed by atoms with Gasteiger partial charge in [0.2, 0.25) is 0 Å². The topological polar surface area (TPSA) is 44.8 Å². The van der Waals surface area contributed by atoms with Crippen molar-refractivity contribution in [1.82, 2.24) is 0 Å². The van der Waals surface area contributed by atoms with Gasteiger partial charge in [0, 0.05) is 5.56 Å². The minimum Gasteiger partial charge on any atom is -0.493 e. The van der Waals surface area contributed by atoms with Crippen molar-refractivity contribution in [1.29, 1.82) is 0 Å². The zero-order chi connectivity index (χ0) is 14.7. The second-order valence-corrected chi connectivity index (χ2v) is 4.85. The highest BCUT2D eigenvalue weighted by Crippen LogP contribution is 2.36. The number of aldehydes is 1. The number of carbonyl (C=O) groups excluding carboxylic acids is 1. The van der Waals surface area contributed by atoms with Crippen LogP contribution >= 0.6 is 0 Å². The molecule has 4 nitrogen and oxygen atoms in total. The highest BCUT2D eigenvalue weighted by molar-refractivity contribution is 5.81. The van der Waals surface area contributed by atoms with E-state index in [1.54, 1.807) is 25.3 Å². The van der Waals surface area contributed by atoms with Gasteiger partial charge in [-0.1, -0.05) is 24.3 Å². The van der Waals surface area contributed by atoms with Crippen LogP contribution in [0.2, 0.25) is 0 Å². The Kier molecular flexibility index (Phi) is 3.77. The lowest BCUT2D eigenvalue weighted by Gasteiger charge is -2.15. The molecule has 0 radical (unpaired) electrons. The average Bonchev–Trinajstić information content (AvgIpc) is 2.95. The molecule has 4 heteroatoms. The van der Waals surface area contributed by atoms with Gasteiger partial charge >= 0.3 is 0 Å². The number of para-hydroxylation sites is 2. The van der Waals surface area contributed by atoms with E-state index >= 15 is 0 Å². The van der Waals surface area contributed by atoms with Gasteiger partial charge < -0.3 is 14.2 Å². The molecule has 0 bridgehead atoms. The van der Waals surface area contributed by atoms with Gasteiger partial charge in [-0.25, -0.2) is 0 Å². The van der Waals surface area contributed by atoms with Gasteiger partial charge in [-0.3, -0.25) is 4.79 Å². The van der Waals surface area contributed by atoms with Crippen molar-refractivity contribution in [3.8, 4) is 17.2 Å². The van der Waals surface area contributed by atoms with Crippen molar-refractivity contribution in [2.75, 3.05) is 20.3 Å². The largest absolute Gasteiger partial charge is 0.493 e. The van der Waals surface area contributed by atoms with Gasteiger partial charge in [-0.05, 0) is 18.2 Å². The van der Waals surface area contributed by atoms with Gasteiger partial charge in [-0.15, -0.1) is 0 Å². The quantitative estimate of drug-likeness (QED) is 0.792. The SMILES string of the molecule is COc1cccc(C=O)c1OCC1COc2ccccc21. The molecule has 0 aromatic heterocycles. The van der Waals surface area contributed by atoms with Gasteiger partial charge in [0.15, 0.2) is 17.8 Å². The zero-order valence-electron chi connectivity index (χ0n) is 11.7. The summed E-state index contributed by atoms with van der Waals surface area (Å²) in [6.45, 7) is 1.03. The van der Waals surface area contributed by atoms with Gasteiger partial charge in [-0.2, -0.15) is 0 Å². The minimum atomic E-state index is 0.158. The van der Waals surface area contributed by atoms with E-state index < -0.39 is 0 Å². The molecule has 0 amide bonds. The number of ether oxygens (including phenoxy) is 3. The lowest BCUT2D eigenvalue weighted by Crippen LogP contribution is -2.13. The Hall–Kier alpha value is -2.49. The molecule has 1 atom stereocenters. The number of hydrogen-bond donors (Lipinski definition) is 0. The lowest BCUT2D eigenvalue weighted by molar-refractivity contribution is 0.111. The van der Waals surface area contributed by atoms with Gasteiger partial charge in [0.1, 0.15) is 5.75 Å². The summed E-state index contributed by atoms with van der Waals surface area (Å²) >= 11 is 0. The van der Waals surface area contributed by atoms with Crippen molar-refractivity contribution in [2.45, 2.75) is 5.92 Å². The van der Waals surface area contributed by atoms with Crippen molar-refractivity contribution in [3.63, 3.8) is 0 Å². The van der Waals surface area contributed by atoms with Gasteiger partial charge in [0.25, 0.3) is 0 Å². The van der Waals surface area contributed by atoms with E-state index in [1.807, 2.05) is 24.3 Å². The van der Waals surface area contributed by atoms with Gasteiger partial charge in [0.05, 0.1) is 31.8 Å². The Morgan fingerprint density at radius 1 is 1.24 bits per heavy atom. The van der Waals surface area contributed by atoms with E-state index in [9.17, 15) is 4.79 Å². The predicted molar refractivity (Wildman–Crippen MR) is 78.6 cm³/mol. The highest BCUT2D eigenvalue weighted by Gasteiger charge is 2.25. The molecule has 21 heavy (non-hydrogen) atoms. The fraction of sp³-hybridized carbons (Fsp3) is 0.235. The number of hydrogen-bond acceptors (Lipinski definition) is 4. The van der Waals surface area contributed by atoms with Crippen LogP contribution in [-0.4, -0.2) is 26.6 Å². The van der Waals surface area contributed by atoms with Crippen LogP contribution in [0.25, 0.3) is 0 Å². The van der Waals surface area contributed by atoms with Crippen molar-refractivity contribution in [3.05, 3.63) is 53.6 Å². The van der Waals surface area contributed by atoms with Crippen LogP contribution in [-0.2, 0) is 0 Å². The molecule has 0 saturated heterocycles. The standard InChI is InChI=1S/C17H16O4/c1-19-16-8-4-5-12(9-18)17(16)21-11-13-10-20-15-7-3-2-6-14(13)15/h2-9,13H,10-11H2,1H3. The van der Waals surface area contributed by atoms with Crippen LogP contribution in [0.4, 0.5) is 0 Å². The van der Waals surface area contributed by atoms with Crippen LogP contribution in [0.1, 0.15) is 21.8 Å². The molecule has 1 aliphatic heterocycles.